The number of amides is 2. The number of hydrogen-bond donors (Lipinski definition) is 0. The Morgan fingerprint density at radius 1 is 0.600 bits per heavy atom. The van der Waals surface area contributed by atoms with Crippen molar-refractivity contribution in [2.75, 3.05) is 111 Å². The predicted molar refractivity (Wildman–Crippen MR) is 254 cm³/mol. The number of anilines is 1. The van der Waals surface area contributed by atoms with Gasteiger partial charge in [-0.2, -0.15) is 0 Å². The van der Waals surface area contributed by atoms with Crippen LogP contribution in [0.25, 0.3) is 27.7 Å². The van der Waals surface area contributed by atoms with Crippen LogP contribution in [0.2, 0.25) is 0 Å². The molecule has 0 N–H and O–H groups in total. The SMILES string of the molecule is CCCCCCCCCCCCCCCCN1C(=O)c2cccc3c(-c4cn(-c5ccc(N6CCOCCOCCOCCOCCOCC6)c(OCCOC)c5)nn4)ccc(c23)C1=O. The Morgan fingerprint density at radius 3 is 1.72 bits per heavy atom. The maximum Gasteiger partial charge on any atom is 0.261 e. The van der Waals surface area contributed by atoms with Gasteiger partial charge in [0.25, 0.3) is 11.8 Å². The van der Waals surface area contributed by atoms with Gasteiger partial charge in [-0.25, -0.2) is 4.68 Å². The van der Waals surface area contributed by atoms with Crippen LogP contribution >= 0.6 is 0 Å². The highest BCUT2D eigenvalue weighted by molar-refractivity contribution is 6.26. The zero-order valence-electron chi connectivity index (χ0n) is 39.1. The first-order valence-corrected chi connectivity index (χ1v) is 24.3. The van der Waals surface area contributed by atoms with Crippen LogP contribution in [0.1, 0.15) is 118 Å². The van der Waals surface area contributed by atoms with Gasteiger partial charge in [0.2, 0.25) is 0 Å². The Bertz CT molecular complexity index is 1980. The number of benzene rings is 3. The summed E-state index contributed by atoms with van der Waals surface area (Å²) in [6.07, 6.45) is 19.4. The average molecular weight is 900 g/mol. The number of carbonyl (C=O) groups excluding carboxylic acids is 2. The molecule has 14 heteroatoms. The molecule has 0 atom stereocenters. The molecular weight excluding hydrogens is 827 g/mol. The number of aromatic nitrogens is 3. The molecule has 0 unspecified atom stereocenters. The molecule has 4 aromatic rings. The summed E-state index contributed by atoms with van der Waals surface area (Å²) in [4.78, 5) is 31.4. The number of carbonyl (C=O) groups is 2. The molecule has 1 aromatic heterocycles. The largest absolute Gasteiger partial charge is 0.489 e. The van der Waals surface area contributed by atoms with Gasteiger partial charge in [0.15, 0.2) is 0 Å². The molecule has 14 nitrogen and oxygen atoms in total. The highest BCUT2D eigenvalue weighted by Gasteiger charge is 2.33. The average Bonchev–Trinajstić information content (AvgIpc) is 3.82. The second-order valence-corrected chi connectivity index (χ2v) is 16.8. The molecular formula is C51H73N5O9. The van der Waals surface area contributed by atoms with Crippen LogP contribution < -0.4 is 9.64 Å². The van der Waals surface area contributed by atoms with Gasteiger partial charge in [0, 0.05) is 54.9 Å². The van der Waals surface area contributed by atoms with Crippen LogP contribution in [0.3, 0.4) is 0 Å². The summed E-state index contributed by atoms with van der Waals surface area (Å²) in [5, 5.41) is 10.6. The van der Waals surface area contributed by atoms with Gasteiger partial charge in [-0.05, 0) is 36.1 Å². The van der Waals surface area contributed by atoms with Crippen LogP contribution in [0.15, 0.2) is 54.7 Å². The number of imide groups is 1. The molecule has 356 valence electrons. The van der Waals surface area contributed by atoms with Crippen molar-refractivity contribution >= 4 is 28.3 Å². The van der Waals surface area contributed by atoms with Crippen molar-refractivity contribution < 1.29 is 42.7 Å². The summed E-state index contributed by atoms with van der Waals surface area (Å²) in [5.74, 6) is 0.185. The van der Waals surface area contributed by atoms with Crippen molar-refractivity contribution in [2.45, 2.75) is 96.8 Å². The zero-order chi connectivity index (χ0) is 45.3. The number of methoxy groups -OCH3 is 1. The molecule has 3 heterocycles. The fourth-order valence-electron chi connectivity index (χ4n) is 8.49. The van der Waals surface area contributed by atoms with Gasteiger partial charge in [-0.3, -0.25) is 14.5 Å². The van der Waals surface area contributed by atoms with E-state index in [9.17, 15) is 9.59 Å². The molecule has 2 amide bonds. The molecule has 1 saturated heterocycles. The first kappa shape index (κ1) is 50.0. The third-order valence-electron chi connectivity index (χ3n) is 12.1. The Hall–Kier alpha value is -4.44. The van der Waals surface area contributed by atoms with Crippen molar-refractivity contribution in [3.63, 3.8) is 0 Å². The number of ether oxygens (including phenoxy) is 7. The minimum Gasteiger partial charge on any atom is -0.489 e. The zero-order valence-corrected chi connectivity index (χ0v) is 39.1. The van der Waals surface area contributed by atoms with E-state index in [2.05, 4.69) is 22.1 Å². The Balaban J connectivity index is 1.09. The van der Waals surface area contributed by atoms with Gasteiger partial charge < -0.3 is 38.1 Å². The molecule has 0 saturated carbocycles. The van der Waals surface area contributed by atoms with Crippen LogP contribution in [0.4, 0.5) is 5.69 Å². The van der Waals surface area contributed by atoms with E-state index in [0.717, 1.165) is 41.6 Å². The second kappa shape index (κ2) is 28.6. The second-order valence-electron chi connectivity index (χ2n) is 16.8. The summed E-state index contributed by atoms with van der Waals surface area (Å²) in [7, 11) is 1.65. The summed E-state index contributed by atoms with van der Waals surface area (Å²) in [6.45, 7) is 9.59. The van der Waals surface area contributed by atoms with Gasteiger partial charge in [-0.1, -0.05) is 114 Å². The summed E-state index contributed by atoms with van der Waals surface area (Å²) in [6, 6.07) is 15.4. The smallest absolute Gasteiger partial charge is 0.261 e. The highest BCUT2D eigenvalue weighted by atomic mass is 16.6. The van der Waals surface area contributed by atoms with E-state index in [1.54, 1.807) is 11.8 Å². The maximum atomic E-state index is 13.9. The molecule has 65 heavy (non-hydrogen) atoms. The standard InChI is InChI=1S/C51H73N5O9/c1-3-4-5-6-7-8-9-10-11-12-13-14-15-16-24-55-50(57)44-19-17-18-43-42(21-22-45(49(43)44)51(55)58)46-40-56(53-52-46)41-20-23-47(48(39-41)65-38-29-59-2)54-25-27-60-30-32-62-34-36-64-37-35-63-33-31-61-28-26-54/h17-23,39-40H,3-16,24-38H2,1-2H3. The number of nitrogens with zero attached hydrogens (tertiary/aromatic N) is 5. The van der Waals surface area contributed by atoms with Gasteiger partial charge in [0.05, 0.1) is 90.2 Å². The van der Waals surface area contributed by atoms with Crippen LogP contribution in [0, 0.1) is 0 Å². The Kier molecular flexibility index (Phi) is 22.0. The Labute approximate surface area is 386 Å². The van der Waals surface area contributed by atoms with Gasteiger partial charge in [-0.15, -0.1) is 5.10 Å². The molecule has 3 aromatic carbocycles. The third-order valence-corrected chi connectivity index (χ3v) is 12.1. The van der Waals surface area contributed by atoms with Crippen molar-refractivity contribution in [3.8, 4) is 22.7 Å². The lowest BCUT2D eigenvalue weighted by molar-refractivity contribution is -0.0116. The fraction of sp³-hybridized carbons (Fsp3) is 0.608. The molecule has 0 spiro atoms. The van der Waals surface area contributed by atoms with Crippen LogP contribution in [-0.4, -0.2) is 138 Å². The molecule has 0 bridgehead atoms. The third kappa shape index (κ3) is 15.3. The molecule has 2 aliphatic heterocycles. The van der Waals surface area contributed by atoms with E-state index in [0.29, 0.717) is 127 Å². The van der Waals surface area contributed by atoms with Crippen molar-refractivity contribution in [3.05, 3.63) is 65.9 Å². The van der Waals surface area contributed by atoms with E-state index in [1.807, 2.05) is 54.7 Å². The van der Waals surface area contributed by atoms with E-state index in [4.69, 9.17) is 33.2 Å². The summed E-state index contributed by atoms with van der Waals surface area (Å²) >= 11 is 0. The topological polar surface area (TPSA) is 136 Å². The van der Waals surface area contributed by atoms with E-state index >= 15 is 0 Å². The lowest BCUT2D eigenvalue weighted by Gasteiger charge is -2.27. The maximum absolute atomic E-state index is 13.9. The molecule has 6 rings (SSSR count). The van der Waals surface area contributed by atoms with E-state index in [-0.39, 0.29) is 11.8 Å². The minimum absolute atomic E-state index is 0.235. The van der Waals surface area contributed by atoms with Gasteiger partial charge >= 0.3 is 0 Å². The normalized spacial score (nSPS) is 16.2. The highest BCUT2D eigenvalue weighted by Crippen LogP contribution is 2.37. The number of unbranched alkanes of at least 4 members (excludes halogenated alkanes) is 13. The van der Waals surface area contributed by atoms with Crippen molar-refractivity contribution in [1.29, 1.82) is 0 Å². The molecule has 1 fully saturated rings. The predicted octanol–water partition coefficient (Wildman–Crippen LogP) is 9.09. The molecule has 2 aliphatic rings. The quantitative estimate of drug-likeness (QED) is 0.0550. The van der Waals surface area contributed by atoms with Crippen LogP contribution in [-0.2, 0) is 28.4 Å². The summed E-state index contributed by atoms with van der Waals surface area (Å²) in [5.41, 5.74) is 4.13. The fourth-order valence-corrected chi connectivity index (χ4v) is 8.49. The first-order valence-electron chi connectivity index (χ1n) is 24.3. The Morgan fingerprint density at radius 2 is 1.14 bits per heavy atom. The number of rotatable bonds is 22. The molecule has 0 aliphatic carbocycles. The summed E-state index contributed by atoms with van der Waals surface area (Å²) < 4.78 is 42.0. The number of hydrogen-bond acceptors (Lipinski definition) is 12. The minimum atomic E-state index is -0.235. The monoisotopic (exact) mass is 900 g/mol. The van der Waals surface area contributed by atoms with Crippen LogP contribution in [0.5, 0.6) is 5.75 Å². The lowest BCUT2D eigenvalue weighted by atomic mass is 9.90. The first-order chi connectivity index (χ1) is 32.1. The lowest BCUT2D eigenvalue weighted by Crippen LogP contribution is -2.40. The van der Waals surface area contributed by atoms with E-state index < -0.39 is 0 Å². The van der Waals surface area contributed by atoms with E-state index in [1.165, 1.54) is 75.5 Å². The van der Waals surface area contributed by atoms with Crippen molar-refractivity contribution in [2.24, 2.45) is 0 Å². The molecule has 0 radical (unpaired) electrons. The van der Waals surface area contributed by atoms with Crippen molar-refractivity contribution in [1.82, 2.24) is 19.9 Å². The van der Waals surface area contributed by atoms with Gasteiger partial charge in [0.1, 0.15) is 18.1 Å².